The fraction of sp³-hybridized carbons (Fsp3) is 0.552. The molecule has 3 fully saturated rings. The largest absolute Gasteiger partial charge is 0.497 e. The lowest BCUT2D eigenvalue weighted by Crippen LogP contribution is -2.56. The molecule has 1 saturated carbocycles. The normalized spacial score (nSPS) is 21.1. The van der Waals surface area contributed by atoms with E-state index in [0.717, 1.165) is 18.4 Å². The first kappa shape index (κ1) is 29.9. The van der Waals surface area contributed by atoms with Crippen LogP contribution in [0.25, 0.3) is 0 Å². The van der Waals surface area contributed by atoms with Crippen molar-refractivity contribution in [2.24, 2.45) is 11.8 Å². The highest BCUT2D eigenvalue weighted by molar-refractivity contribution is 6.00. The fourth-order valence-corrected chi connectivity index (χ4v) is 5.70. The summed E-state index contributed by atoms with van der Waals surface area (Å²) in [7, 11) is 1.45. The van der Waals surface area contributed by atoms with Crippen molar-refractivity contribution in [1.29, 1.82) is 0 Å². The predicted molar refractivity (Wildman–Crippen MR) is 142 cm³/mol. The predicted octanol–water partition coefficient (Wildman–Crippen LogP) is 5.01. The number of ether oxygens (including phenoxy) is 3. The maximum atomic E-state index is 13.8. The Labute approximate surface area is 240 Å². The van der Waals surface area contributed by atoms with Gasteiger partial charge < -0.3 is 24.4 Å². The number of morpholine rings is 1. The Bertz CT molecular complexity index is 1280. The van der Waals surface area contributed by atoms with E-state index >= 15 is 0 Å². The van der Waals surface area contributed by atoms with Crippen molar-refractivity contribution in [3.8, 4) is 11.6 Å². The smallest absolute Gasteiger partial charge is 0.377 e. The van der Waals surface area contributed by atoms with E-state index in [2.05, 4.69) is 9.72 Å². The van der Waals surface area contributed by atoms with Crippen molar-refractivity contribution in [2.45, 2.75) is 50.2 Å². The van der Waals surface area contributed by atoms with Gasteiger partial charge in [-0.1, -0.05) is 0 Å². The molecule has 1 amide bonds. The number of benzene rings is 1. The van der Waals surface area contributed by atoms with E-state index in [0.29, 0.717) is 60.7 Å². The number of carbonyl (C=O) groups is 2. The number of hydrogen-bond donors (Lipinski definition) is 1. The Morgan fingerprint density at radius 1 is 1.07 bits per heavy atom. The summed E-state index contributed by atoms with van der Waals surface area (Å²) in [4.78, 5) is 31.2. The second-order valence-corrected chi connectivity index (χ2v) is 11.1. The number of halogens is 4. The Morgan fingerprint density at radius 2 is 1.76 bits per heavy atom. The molecule has 1 aliphatic carbocycles. The zero-order valence-corrected chi connectivity index (χ0v) is 23.1. The van der Waals surface area contributed by atoms with E-state index in [1.54, 1.807) is 12.3 Å². The lowest BCUT2D eigenvalue weighted by atomic mass is 9.92. The fourth-order valence-electron chi connectivity index (χ4n) is 5.70. The highest BCUT2D eigenvalue weighted by Gasteiger charge is 2.53. The summed E-state index contributed by atoms with van der Waals surface area (Å²) in [6, 6.07) is 8.13. The first-order valence-electron chi connectivity index (χ1n) is 13.9. The van der Waals surface area contributed by atoms with Gasteiger partial charge in [0.1, 0.15) is 18.8 Å². The number of amides is 1. The monoisotopic (exact) mass is 595 g/mol. The molecular formula is C29H33F4N3O6. The van der Waals surface area contributed by atoms with Gasteiger partial charge in [0, 0.05) is 31.4 Å². The number of pyridine rings is 1. The highest BCUT2D eigenvalue weighted by Crippen LogP contribution is 2.45. The molecule has 9 nitrogen and oxygen atoms in total. The molecule has 1 aromatic carbocycles. The summed E-state index contributed by atoms with van der Waals surface area (Å²) in [5.41, 5.74) is 1.34. The van der Waals surface area contributed by atoms with E-state index in [9.17, 15) is 32.3 Å². The third kappa shape index (κ3) is 7.23. The van der Waals surface area contributed by atoms with Crippen LogP contribution in [-0.4, -0.2) is 79.0 Å². The van der Waals surface area contributed by atoms with Crippen LogP contribution in [0.1, 0.15) is 53.9 Å². The molecule has 0 radical (unpaired) electrons. The van der Waals surface area contributed by atoms with E-state index < -0.39 is 37.2 Å². The van der Waals surface area contributed by atoms with E-state index in [1.165, 1.54) is 19.2 Å². The Hall–Kier alpha value is -3.61. The van der Waals surface area contributed by atoms with E-state index in [-0.39, 0.29) is 23.8 Å². The number of aliphatic carboxylic acids is 1. The first-order chi connectivity index (χ1) is 19.9. The minimum absolute atomic E-state index is 0.0200. The molecule has 13 heteroatoms. The number of aromatic nitrogens is 1. The molecule has 1 unspecified atom stereocenters. The molecular weight excluding hydrogens is 562 g/mol. The number of carboxylic acids is 1. The average Bonchev–Trinajstić information content (AvgIpc) is 3.78. The van der Waals surface area contributed by atoms with Crippen LogP contribution in [0.2, 0.25) is 0 Å². The van der Waals surface area contributed by atoms with Gasteiger partial charge >= 0.3 is 18.2 Å². The van der Waals surface area contributed by atoms with Crippen LogP contribution in [-0.2, 0) is 9.53 Å². The molecule has 1 aromatic heterocycles. The maximum Gasteiger partial charge on any atom is 0.377 e. The molecule has 5 rings (SSSR count). The standard InChI is InChI=1S/C29H33F4N3O6/c1-40-21-4-5-22(27(39)36-16-28(30,31)42-29(32,33)17-36)24(13-21)35-10-7-18(8-11-35)15-41-25-12-20(6-9-34-25)23(14-26(37)38)19-2-3-19/h4-6,9,12-13,18-19,23H,2-3,7-8,10-11,14-17H2,1H3,(H,37,38). The van der Waals surface area contributed by atoms with Crippen molar-refractivity contribution in [3.63, 3.8) is 0 Å². The third-order valence-corrected chi connectivity index (χ3v) is 7.97. The molecule has 0 bridgehead atoms. The van der Waals surface area contributed by atoms with Gasteiger partial charge in [-0.25, -0.2) is 4.98 Å². The number of carbonyl (C=O) groups excluding carboxylic acids is 1. The van der Waals surface area contributed by atoms with Crippen LogP contribution >= 0.6 is 0 Å². The molecule has 3 aliphatic rings. The van der Waals surface area contributed by atoms with Crippen LogP contribution in [0.3, 0.4) is 0 Å². The second kappa shape index (κ2) is 11.9. The lowest BCUT2D eigenvalue weighted by Gasteiger charge is -2.38. The Morgan fingerprint density at radius 3 is 2.38 bits per heavy atom. The number of rotatable bonds is 10. The quantitative estimate of drug-likeness (QED) is 0.383. The van der Waals surface area contributed by atoms with E-state index in [4.69, 9.17) is 9.47 Å². The molecule has 1 atom stereocenters. The second-order valence-electron chi connectivity index (χ2n) is 11.1. The summed E-state index contributed by atoms with van der Waals surface area (Å²) in [6.45, 7) is -1.16. The van der Waals surface area contributed by atoms with Crippen molar-refractivity contribution >= 4 is 17.6 Å². The highest BCUT2D eigenvalue weighted by atomic mass is 19.3. The molecule has 2 aliphatic heterocycles. The minimum atomic E-state index is -4.17. The number of piperidine rings is 1. The van der Waals surface area contributed by atoms with Gasteiger partial charge in [0.05, 0.1) is 31.4 Å². The minimum Gasteiger partial charge on any atom is -0.497 e. The van der Waals surface area contributed by atoms with Crippen molar-refractivity contribution in [2.75, 3.05) is 44.8 Å². The van der Waals surface area contributed by atoms with Crippen molar-refractivity contribution in [3.05, 3.63) is 47.7 Å². The van der Waals surface area contributed by atoms with Crippen LogP contribution < -0.4 is 14.4 Å². The third-order valence-electron chi connectivity index (χ3n) is 7.97. The summed E-state index contributed by atoms with van der Waals surface area (Å²) >= 11 is 0. The molecule has 2 saturated heterocycles. The SMILES string of the molecule is COc1ccc(C(=O)N2CC(F)(F)OC(F)(F)C2)c(N2CCC(COc3cc(C(CC(=O)O)C4CC4)ccn3)CC2)c1. The van der Waals surface area contributed by atoms with Gasteiger partial charge in [-0.2, -0.15) is 17.6 Å². The molecule has 0 spiro atoms. The topological polar surface area (TPSA) is 101 Å². The Kier molecular flexibility index (Phi) is 8.49. The van der Waals surface area contributed by atoms with Gasteiger partial charge in [-0.3, -0.25) is 14.3 Å². The zero-order valence-electron chi connectivity index (χ0n) is 23.1. The van der Waals surface area contributed by atoms with Crippen LogP contribution in [0.15, 0.2) is 36.5 Å². The van der Waals surface area contributed by atoms with E-state index in [1.807, 2.05) is 17.0 Å². The molecule has 2 aromatic rings. The number of nitrogens with zero attached hydrogens (tertiary/aromatic N) is 3. The van der Waals surface area contributed by atoms with Crippen molar-refractivity contribution in [1.82, 2.24) is 9.88 Å². The van der Waals surface area contributed by atoms with Gasteiger partial charge in [-0.15, -0.1) is 0 Å². The summed E-state index contributed by atoms with van der Waals surface area (Å²) < 4.78 is 70.1. The number of alkyl halides is 4. The number of anilines is 1. The molecule has 1 N–H and O–H groups in total. The number of methoxy groups -OCH3 is 1. The summed E-state index contributed by atoms with van der Waals surface area (Å²) in [5, 5.41) is 9.31. The number of carboxylic acid groups (broad SMARTS) is 1. The van der Waals surface area contributed by atoms with Crippen molar-refractivity contribution < 1.29 is 46.5 Å². The van der Waals surface area contributed by atoms with Gasteiger partial charge in [0.25, 0.3) is 5.91 Å². The first-order valence-corrected chi connectivity index (χ1v) is 13.9. The Balaban J connectivity index is 1.23. The number of hydrogen-bond acceptors (Lipinski definition) is 7. The average molecular weight is 596 g/mol. The van der Waals surface area contributed by atoms with Crippen LogP contribution in [0.5, 0.6) is 11.6 Å². The maximum absolute atomic E-state index is 13.8. The van der Waals surface area contributed by atoms with Crippen LogP contribution in [0, 0.1) is 11.8 Å². The summed E-state index contributed by atoms with van der Waals surface area (Å²) in [6.07, 6.45) is -3.26. The molecule has 42 heavy (non-hydrogen) atoms. The van der Waals surface area contributed by atoms with Gasteiger partial charge in [0.15, 0.2) is 0 Å². The lowest BCUT2D eigenvalue weighted by molar-refractivity contribution is -0.400. The molecule has 228 valence electrons. The zero-order chi connectivity index (χ0) is 30.1. The van der Waals surface area contributed by atoms with Gasteiger partial charge in [-0.05, 0) is 67.2 Å². The van der Waals surface area contributed by atoms with Crippen LogP contribution in [0.4, 0.5) is 23.2 Å². The van der Waals surface area contributed by atoms with Gasteiger partial charge in [0.2, 0.25) is 5.88 Å². The molecule has 3 heterocycles. The summed E-state index contributed by atoms with van der Waals surface area (Å²) in [5.74, 6) is -0.449.